The molecular weight excluding hydrogens is 346 g/mol. The zero-order valence-electron chi connectivity index (χ0n) is 13.5. The van der Waals surface area contributed by atoms with Crippen LogP contribution in [0.3, 0.4) is 0 Å². The zero-order valence-corrected chi connectivity index (χ0v) is 14.2. The largest absolute Gasteiger partial charge is 0.451 e. The number of halogens is 1. The molecule has 0 aliphatic heterocycles. The van der Waals surface area contributed by atoms with Gasteiger partial charge in [0.15, 0.2) is 11.6 Å². The molecule has 0 unspecified atom stereocenters. The second-order valence-corrected chi connectivity index (χ2v) is 5.59. The zero-order chi connectivity index (χ0) is 17.6. The van der Waals surface area contributed by atoms with Gasteiger partial charge < -0.3 is 19.0 Å². The van der Waals surface area contributed by atoms with Gasteiger partial charge in [-0.05, 0) is 24.3 Å². The number of rotatable bonds is 7. The number of carbonyl (C=O) groups excluding carboxylic acids is 1. The first kappa shape index (κ1) is 17.2. The number of aromatic nitrogens is 2. The molecule has 7 nitrogen and oxygen atoms in total. The second-order valence-electron chi connectivity index (χ2n) is 5.19. The number of furan rings is 1. The number of ether oxygens (including phenoxy) is 1. The van der Waals surface area contributed by atoms with Crippen molar-refractivity contribution in [3.8, 4) is 11.3 Å². The maximum atomic E-state index is 12.1. The average molecular weight is 362 g/mol. The smallest absolute Gasteiger partial charge is 0.287 e. The van der Waals surface area contributed by atoms with Crippen molar-refractivity contribution >= 4 is 17.5 Å². The lowest BCUT2D eigenvalue weighted by atomic mass is 10.2. The van der Waals surface area contributed by atoms with Gasteiger partial charge in [-0.15, -0.1) is 0 Å². The highest BCUT2D eigenvalue weighted by atomic mass is 35.5. The molecule has 0 saturated heterocycles. The molecule has 0 aliphatic rings. The van der Waals surface area contributed by atoms with Gasteiger partial charge in [-0.2, -0.15) is 4.98 Å². The molecule has 0 fully saturated rings. The van der Waals surface area contributed by atoms with Crippen LogP contribution >= 0.6 is 11.6 Å². The lowest BCUT2D eigenvalue weighted by Gasteiger charge is -2.01. The molecule has 2 aromatic heterocycles. The van der Waals surface area contributed by atoms with Crippen LogP contribution in [0.2, 0.25) is 5.02 Å². The second kappa shape index (κ2) is 7.96. The van der Waals surface area contributed by atoms with Crippen molar-refractivity contribution in [3.63, 3.8) is 0 Å². The standard InChI is InChI=1S/C17H16ClN3O4/c1-23-10-15-20-16(25-21-15)8-9-19-17(22)14-7-6-13(24-14)11-4-2-3-5-12(11)18/h2-7H,8-10H2,1H3,(H,19,22). The molecule has 3 aromatic rings. The van der Waals surface area contributed by atoms with Gasteiger partial charge in [-0.3, -0.25) is 4.79 Å². The summed E-state index contributed by atoms with van der Waals surface area (Å²) < 4.78 is 15.5. The number of nitrogens with zero attached hydrogens (tertiary/aromatic N) is 2. The van der Waals surface area contributed by atoms with E-state index < -0.39 is 0 Å². The number of benzene rings is 1. The summed E-state index contributed by atoms with van der Waals surface area (Å²) in [4.78, 5) is 16.3. The van der Waals surface area contributed by atoms with E-state index in [1.165, 1.54) is 0 Å². The lowest BCUT2D eigenvalue weighted by molar-refractivity contribution is 0.0926. The SMILES string of the molecule is COCc1noc(CCNC(=O)c2ccc(-c3ccccc3Cl)o2)n1. The van der Waals surface area contributed by atoms with Crippen LogP contribution in [0.1, 0.15) is 22.3 Å². The Morgan fingerprint density at radius 3 is 2.92 bits per heavy atom. The van der Waals surface area contributed by atoms with Crippen LogP contribution in [0.4, 0.5) is 0 Å². The van der Waals surface area contributed by atoms with E-state index in [0.29, 0.717) is 35.5 Å². The van der Waals surface area contributed by atoms with Gasteiger partial charge in [-0.25, -0.2) is 0 Å². The van der Waals surface area contributed by atoms with Gasteiger partial charge in [0, 0.05) is 25.6 Å². The maximum absolute atomic E-state index is 12.1. The van der Waals surface area contributed by atoms with Crippen LogP contribution in [0.25, 0.3) is 11.3 Å². The van der Waals surface area contributed by atoms with E-state index in [4.69, 9.17) is 25.3 Å². The lowest BCUT2D eigenvalue weighted by Crippen LogP contribution is -2.25. The summed E-state index contributed by atoms with van der Waals surface area (Å²) in [6.07, 6.45) is 0.417. The Morgan fingerprint density at radius 1 is 1.28 bits per heavy atom. The molecule has 0 radical (unpaired) electrons. The third-order valence-corrected chi connectivity index (χ3v) is 3.71. The van der Waals surface area contributed by atoms with E-state index >= 15 is 0 Å². The predicted molar refractivity (Wildman–Crippen MR) is 90.2 cm³/mol. The quantitative estimate of drug-likeness (QED) is 0.695. The molecule has 130 valence electrons. The first-order valence-electron chi connectivity index (χ1n) is 7.60. The van der Waals surface area contributed by atoms with Crippen LogP contribution < -0.4 is 5.32 Å². The van der Waals surface area contributed by atoms with E-state index in [-0.39, 0.29) is 18.3 Å². The van der Waals surface area contributed by atoms with E-state index in [0.717, 1.165) is 5.56 Å². The summed E-state index contributed by atoms with van der Waals surface area (Å²) >= 11 is 6.13. The summed E-state index contributed by atoms with van der Waals surface area (Å²) in [5.74, 6) is 1.33. The topological polar surface area (TPSA) is 90.4 Å². The Hall–Kier alpha value is -2.64. The monoisotopic (exact) mass is 361 g/mol. The fourth-order valence-electron chi connectivity index (χ4n) is 2.22. The van der Waals surface area contributed by atoms with Crippen LogP contribution in [0, 0.1) is 0 Å². The molecule has 2 heterocycles. The molecule has 1 N–H and O–H groups in total. The average Bonchev–Trinajstić information content (AvgIpc) is 3.25. The van der Waals surface area contributed by atoms with Crippen molar-refractivity contribution in [2.75, 3.05) is 13.7 Å². The van der Waals surface area contributed by atoms with Crippen LogP contribution in [-0.2, 0) is 17.8 Å². The van der Waals surface area contributed by atoms with E-state index in [1.807, 2.05) is 18.2 Å². The summed E-state index contributed by atoms with van der Waals surface area (Å²) in [7, 11) is 1.55. The number of nitrogens with one attached hydrogen (secondary N) is 1. The van der Waals surface area contributed by atoms with Crippen LogP contribution in [0.15, 0.2) is 45.3 Å². The van der Waals surface area contributed by atoms with Crippen LogP contribution in [-0.4, -0.2) is 29.7 Å². The molecule has 1 aromatic carbocycles. The van der Waals surface area contributed by atoms with Gasteiger partial charge in [0.2, 0.25) is 5.89 Å². The minimum atomic E-state index is -0.324. The van der Waals surface area contributed by atoms with E-state index in [9.17, 15) is 4.79 Å². The summed E-state index contributed by atoms with van der Waals surface area (Å²) in [5.41, 5.74) is 0.736. The molecule has 3 rings (SSSR count). The molecule has 25 heavy (non-hydrogen) atoms. The minimum absolute atomic E-state index is 0.209. The molecule has 0 aliphatic carbocycles. The summed E-state index contributed by atoms with van der Waals surface area (Å²) in [6, 6.07) is 10.6. The van der Waals surface area contributed by atoms with Crippen molar-refractivity contribution in [1.82, 2.24) is 15.5 Å². The number of carbonyl (C=O) groups is 1. The fourth-order valence-corrected chi connectivity index (χ4v) is 2.44. The van der Waals surface area contributed by atoms with Crippen molar-refractivity contribution in [1.29, 1.82) is 0 Å². The molecule has 0 atom stereocenters. The van der Waals surface area contributed by atoms with Gasteiger partial charge in [0.1, 0.15) is 12.4 Å². The first-order valence-corrected chi connectivity index (χ1v) is 7.98. The molecule has 0 saturated carbocycles. The molecule has 8 heteroatoms. The predicted octanol–water partition coefficient (Wildman–Crippen LogP) is 3.10. The van der Waals surface area contributed by atoms with E-state index in [1.54, 1.807) is 25.3 Å². The summed E-state index contributed by atoms with van der Waals surface area (Å²) in [5, 5.41) is 7.06. The van der Waals surface area contributed by atoms with Crippen molar-refractivity contribution in [2.45, 2.75) is 13.0 Å². The Balaban J connectivity index is 1.56. The summed E-state index contributed by atoms with van der Waals surface area (Å²) in [6.45, 7) is 0.628. The van der Waals surface area contributed by atoms with Crippen molar-refractivity contribution in [3.05, 3.63) is 58.9 Å². The highest BCUT2D eigenvalue weighted by Crippen LogP contribution is 2.28. The number of hydrogen-bond donors (Lipinski definition) is 1. The fraction of sp³-hybridized carbons (Fsp3) is 0.235. The van der Waals surface area contributed by atoms with E-state index in [2.05, 4.69) is 15.5 Å². The van der Waals surface area contributed by atoms with Crippen molar-refractivity contribution in [2.24, 2.45) is 0 Å². The van der Waals surface area contributed by atoms with Gasteiger partial charge in [0.05, 0.1) is 5.02 Å². The first-order chi connectivity index (χ1) is 12.2. The third kappa shape index (κ3) is 4.26. The normalized spacial score (nSPS) is 10.8. The highest BCUT2D eigenvalue weighted by molar-refractivity contribution is 6.33. The number of methoxy groups -OCH3 is 1. The Labute approximate surface area is 148 Å². The Morgan fingerprint density at radius 2 is 2.12 bits per heavy atom. The molecule has 0 bridgehead atoms. The maximum Gasteiger partial charge on any atom is 0.287 e. The number of hydrogen-bond acceptors (Lipinski definition) is 6. The Kier molecular flexibility index (Phi) is 5.47. The molecule has 1 amide bonds. The molecule has 0 spiro atoms. The third-order valence-electron chi connectivity index (χ3n) is 3.38. The van der Waals surface area contributed by atoms with Gasteiger partial charge in [-0.1, -0.05) is 28.9 Å². The highest BCUT2D eigenvalue weighted by Gasteiger charge is 2.14. The van der Waals surface area contributed by atoms with Gasteiger partial charge >= 0.3 is 0 Å². The minimum Gasteiger partial charge on any atom is -0.451 e. The Bertz CT molecular complexity index is 859. The molecular formula is C17H16ClN3O4. The van der Waals surface area contributed by atoms with Gasteiger partial charge in [0.25, 0.3) is 5.91 Å². The van der Waals surface area contributed by atoms with Crippen LogP contribution in [0.5, 0.6) is 0 Å². The van der Waals surface area contributed by atoms with Crippen molar-refractivity contribution < 1.29 is 18.5 Å². The number of amides is 1.